The number of sulfonamides is 1. The Kier molecular flexibility index (Phi) is 10.5. The highest BCUT2D eigenvalue weighted by Gasteiger charge is 2.28. The molecule has 0 aliphatic heterocycles. The largest absolute Gasteiger partial charge is 0.497 e. The van der Waals surface area contributed by atoms with Gasteiger partial charge in [-0.15, -0.1) is 11.8 Å². The molecule has 0 radical (unpaired) electrons. The number of nitrogens with one attached hydrogen (secondary N) is 1. The van der Waals surface area contributed by atoms with Gasteiger partial charge in [0.2, 0.25) is 5.91 Å². The predicted molar refractivity (Wildman–Crippen MR) is 154 cm³/mol. The molecule has 0 spiro atoms. The number of ether oxygens (including phenoxy) is 2. The minimum absolute atomic E-state index is 0.117. The van der Waals surface area contributed by atoms with E-state index in [9.17, 15) is 13.2 Å². The number of amides is 1. The Morgan fingerprint density at radius 3 is 2.08 bits per heavy atom. The van der Waals surface area contributed by atoms with Crippen molar-refractivity contribution >= 4 is 33.4 Å². The van der Waals surface area contributed by atoms with Gasteiger partial charge >= 0.3 is 0 Å². The number of hydrogen-bond acceptors (Lipinski definition) is 6. The molecular weight excluding hydrogens is 520 g/mol. The highest BCUT2D eigenvalue weighted by Crippen LogP contribution is 2.28. The topological polar surface area (TPSA) is 84.9 Å². The zero-order valence-electron chi connectivity index (χ0n) is 22.5. The predicted octanol–water partition coefficient (Wildman–Crippen LogP) is 5.91. The van der Waals surface area contributed by atoms with Crippen LogP contribution in [0.4, 0.5) is 5.69 Å². The molecular formula is C29H36N2O5S2. The Morgan fingerprint density at radius 2 is 1.55 bits per heavy atom. The van der Waals surface area contributed by atoms with Gasteiger partial charge in [-0.2, -0.15) is 0 Å². The summed E-state index contributed by atoms with van der Waals surface area (Å²) in [5.74, 6) is 1.26. The fourth-order valence-electron chi connectivity index (χ4n) is 4.02. The van der Waals surface area contributed by atoms with E-state index in [1.807, 2.05) is 37.4 Å². The van der Waals surface area contributed by atoms with Gasteiger partial charge in [-0.3, -0.25) is 9.10 Å². The number of thioether (sulfide) groups is 1. The van der Waals surface area contributed by atoms with E-state index in [0.717, 1.165) is 20.5 Å². The van der Waals surface area contributed by atoms with Gasteiger partial charge in [0.25, 0.3) is 10.0 Å². The van der Waals surface area contributed by atoms with E-state index in [1.165, 1.54) is 11.8 Å². The SMILES string of the molecule is CCOc1ccc(N(CC(=O)NC(CC(C)C)c2ccc(OC)cc2)S(=O)(=O)c2ccc(SC)cc2)cc1. The summed E-state index contributed by atoms with van der Waals surface area (Å²) in [6, 6.07) is 20.6. The molecule has 0 fully saturated rings. The molecule has 204 valence electrons. The van der Waals surface area contributed by atoms with E-state index in [-0.39, 0.29) is 17.5 Å². The first-order valence-corrected chi connectivity index (χ1v) is 15.2. The zero-order chi connectivity index (χ0) is 27.7. The molecule has 0 bridgehead atoms. The lowest BCUT2D eigenvalue weighted by Gasteiger charge is -2.27. The second-order valence-electron chi connectivity index (χ2n) is 9.14. The van der Waals surface area contributed by atoms with Crippen LogP contribution in [0, 0.1) is 5.92 Å². The average Bonchev–Trinajstić information content (AvgIpc) is 2.92. The van der Waals surface area contributed by atoms with Crippen LogP contribution >= 0.6 is 11.8 Å². The summed E-state index contributed by atoms with van der Waals surface area (Å²) < 4.78 is 39.5. The van der Waals surface area contributed by atoms with Crippen molar-refractivity contribution in [2.24, 2.45) is 5.92 Å². The van der Waals surface area contributed by atoms with Crippen LogP contribution in [-0.2, 0) is 14.8 Å². The van der Waals surface area contributed by atoms with Crippen molar-refractivity contribution < 1.29 is 22.7 Å². The molecule has 0 saturated heterocycles. The molecule has 0 aromatic heterocycles. The Morgan fingerprint density at radius 1 is 0.947 bits per heavy atom. The van der Waals surface area contributed by atoms with Crippen LogP contribution in [0.15, 0.2) is 82.6 Å². The molecule has 3 aromatic carbocycles. The van der Waals surface area contributed by atoms with Gasteiger partial charge in [0, 0.05) is 4.90 Å². The van der Waals surface area contributed by atoms with Crippen LogP contribution in [0.5, 0.6) is 11.5 Å². The molecule has 3 aromatic rings. The Labute approximate surface area is 230 Å². The van der Waals surface area contributed by atoms with Crippen molar-refractivity contribution in [1.29, 1.82) is 0 Å². The number of nitrogens with zero attached hydrogens (tertiary/aromatic N) is 1. The maximum absolute atomic E-state index is 13.8. The molecule has 3 rings (SSSR count). The summed E-state index contributed by atoms with van der Waals surface area (Å²) in [5.41, 5.74) is 1.30. The van der Waals surface area contributed by atoms with Crippen LogP contribution < -0.4 is 19.1 Å². The molecule has 1 N–H and O–H groups in total. The van der Waals surface area contributed by atoms with E-state index in [0.29, 0.717) is 30.4 Å². The second kappa shape index (κ2) is 13.6. The summed E-state index contributed by atoms with van der Waals surface area (Å²) in [6.45, 7) is 6.17. The zero-order valence-corrected chi connectivity index (χ0v) is 24.1. The van der Waals surface area contributed by atoms with Gasteiger partial charge in [0.15, 0.2) is 0 Å². The lowest BCUT2D eigenvalue weighted by atomic mass is 9.97. The van der Waals surface area contributed by atoms with Crippen LogP contribution in [0.1, 0.15) is 38.8 Å². The van der Waals surface area contributed by atoms with Gasteiger partial charge < -0.3 is 14.8 Å². The van der Waals surface area contributed by atoms with Crippen molar-refractivity contribution in [3.8, 4) is 11.5 Å². The fourth-order valence-corrected chi connectivity index (χ4v) is 5.85. The quantitative estimate of drug-likeness (QED) is 0.263. The van der Waals surface area contributed by atoms with Gasteiger partial charge in [-0.05, 0) is 91.7 Å². The summed E-state index contributed by atoms with van der Waals surface area (Å²) in [6.07, 6.45) is 2.63. The van der Waals surface area contributed by atoms with Crippen molar-refractivity contribution in [2.45, 2.75) is 43.0 Å². The number of methoxy groups -OCH3 is 1. The lowest BCUT2D eigenvalue weighted by Crippen LogP contribution is -2.42. The van der Waals surface area contributed by atoms with Gasteiger partial charge in [0.05, 0.1) is 30.3 Å². The third-order valence-corrected chi connectivity index (χ3v) is 8.46. The minimum Gasteiger partial charge on any atom is -0.497 e. The van der Waals surface area contributed by atoms with Crippen LogP contribution in [0.3, 0.4) is 0 Å². The minimum atomic E-state index is -4.03. The van der Waals surface area contributed by atoms with Crippen molar-refractivity contribution in [3.63, 3.8) is 0 Å². The summed E-state index contributed by atoms with van der Waals surface area (Å²) >= 11 is 1.53. The number of rotatable bonds is 13. The third-order valence-electron chi connectivity index (χ3n) is 5.93. The van der Waals surface area contributed by atoms with Crippen molar-refractivity contribution in [3.05, 3.63) is 78.4 Å². The third kappa shape index (κ3) is 7.68. The van der Waals surface area contributed by atoms with Crippen LogP contribution in [0.2, 0.25) is 0 Å². The maximum atomic E-state index is 13.8. The second-order valence-corrected chi connectivity index (χ2v) is 11.9. The highest BCUT2D eigenvalue weighted by atomic mass is 32.2. The molecule has 0 heterocycles. The standard InChI is InChI=1S/C29H36N2O5S2/c1-6-36-25-13-9-23(10-14-25)31(38(33,34)27-17-15-26(37-5)16-18-27)20-29(32)30-28(19-21(2)3)22-7-11-24(35-4)12-8-22/h7-18,21,28H,6,19-20H2,1-5H3,(H,30,32). The Hall–Kier alpha value is -3.17. The molecule has 9 heteroatoms. The maximum Gasteiger partial charge on any atom is 0.264 e. The Bertz CT molecular complexity index is 1280. The molecule has 1 unspecified atom stereocenters. The highest BCUT2D eigenvalue weighted by molar-refractivity contribution is 7.98. The van der Waals surface area contributed by atoms with E-state index in [4.69, 9.17) is 9.47 Å². The number of benzene rings is 3. The summed E-state index contributed by atoms with van der Waals surface area (Å²) in [5, 5.41) is 3.06. The molecule has 7 nitrogen and oxygen atoms in total. The monoisotopic (exact) mass is 556 g/mol. The van der Waals surface area contributed by atoms with Gasteiger partial charge in [-0.1, -0.05) is 26.0 Å². The van der Waals surface area contributed by atoms with E-state index in [2.05, 4.69) is 19.2 Å². The molecule has 0 aliphatic carbocycles. The van der Waals surface area contributed by atoms with E-state index in [1.54, 1.807) is 55.6 Å². The summed E-state index contributed by atoms with van der Waals surface area (Å²) in [7, 11) is -2.42. The van der Waals surface area contributed by atoms with Gasteiger partial charge in [-0.25, -0.2) is 8.42 Å². The first-order chi connectivity index (χ1) is 18.2. The van der Waals surface area contributed by atoms with Crippen molar-refractivity contribution in [2.75, 3.05) is 30.8 Å². The molecule has 0 aliphatic rings. The van der Waals surface area contributed by atoms with E-state index < -0.39 is 15.9 Å². The van der Waals surface area contributed by atoms with E-state index >= 15 is 0 Å². The number of carbonyl (C=O) groups is 1. The molecule has 0 saturated carbocycles. The molecule has 38 heavy (non-hydrogen) atoms. The van der Waals surface area contributed by atoms with Crippen LogP contribution in [0.25, 0.3) is 0 Å². The number of hydrogen-bond donors (Lipinski definition) is 1. The first kappa shape index (κ1) is 29.4. The number of anilines is 1. The lowest BCUT2D eigenvalue weighted by molar-refractivity contribution is -0.120. The number of carbonyl (C=O) groups excluding carboxylic acids is 1. The van der Waals surface area contributed by atoms with Crippen LogP contribution in [-0.4, -0.2) is 40.8 Å². The fraction of sp³-hybridized carbons (Fsp3) is 0.345. The smallest absolute Gasteiger partial charge is 0.264 e. The normalized spacial score (nSPS) is 12.2. The average molecular weight is 557 g/mol. The first-order valence-electron chi connectivity index (χ1n) is 12.5. The van der Waals surface area contributed by atoms with Gasteiger partial charge in [0.1, 0.15) is 18.0 Å². The van der Waals surface area contributed by atoms with Crippen molar-refractivity contribution in [1.82, 2.24) is 5.32 Å². The summed E-state index contributed by atoms with van der Waals surface area (Å²) in [4.78, 5) is 14.5. The Balaban J connectivity index is 1.92. The molecule has 1 atom stereocenters. The molecule has 1 amide bonds.